The number of halogens is 3. The molecule has 4 aromatic rings. The number of pyridine rings is 1. The monoisotopic (exact) mass is 630 g/mol. The molecule has 46 heavy (non-hydrogen) atoms. The minimum absolute atomic E-state index is 0.0357. The first-order valence-corrected chi connectivity index (χ1v) is 15.8. The highest BCUT2D eigenvalue weighted by Gasteiger charge is 2.45. The van der Waals surface area contributed by atoms with Gasteiger partial charge in [-0.05, 0) is 49.3 Å². The Morgan fingerprint density at radius 2 is 1.93 bits per heavy atom. The van der Waals surface area contributed by atoms with Gasteiger partial charge in [0.15, 0.2) is 5.82 Å². The van der Waals surface area contributed by atoms with Gasteiger partial charge >= 0.3 is 6.01 Å². The van der Waals surface area contributed by atoms with E-state index in [4.69, 9.17) is 20.9 Å². The van der Waals surface area contributed by atoms with Crippen LogP contribution in [-0.2, 0) is 0 Å². The zero-order chi connectivity index (χ0) is 31.6. The molecule has 5 heterocycles. The maximum absolute atomic E-state index is 16.9. The molecule has 1 aliphatic carbocycles. The fraction of sp³-hybridized carbons (Fsp3) is 0.441. The van der Waals surface area contributed by atoms with Crippen molar-refractivity contribution in [1.82, 2.24) is 25.2 Å². The first kappa shape index (κ1) is 29.1. The molecule has 12 heteroatoms. The van der Waals surface area contributed by atoms with Crippen LogP contribution in [0.4, 0.5) is 19.0 Å². The van der Waals surface area contributed by atoms with Crippen molar-refractivity contribution in [3.63, 3.8) is 0 Å². The Morgan fingerprint density at radius 1 is 1.11 bits per heavy atom. The summed E-state index contributed by atoms with van der Waals surface area (Å²) in [5.41, 5.74) is -0.277. The number of terminal acetylenes is 1. The third kappa shape index (κ3) is 5.02. The molecule has 3 aliphatic heterocycles. The molecule has 1 atom stereocenters. The van der Waals surface area contributed by atoms with Gasteiger partial charge in [-0.3, -0.25) is 0 Å². The summed E-state index contributed by atoms with van der Waals surface area (Å²) in [6, 6.07) is 5.38. The number of phenolic OH excluding ortho intramolecular Hbond substituents is 1. The zero-order valence-corrected chi connectivity index (χ0v) is 25.2. The second-order valence-corrected chi connectivity index (χ2v) is 12.9. The summed E-state index contributed by atoms with van der Waals surface area (Å²) in [6.45, 7) is 4.81. The molecular weight excluding hydrogens is 597 g/mol. The van der Waals surface area contributed by atoms with Crippen LogP contribution in [0.2, 0.25) is 0 Å². The van der Waals surface area contributed by atoms with Crippen molar-refractivity contribution in [2.75, 3.05) is 57.4 Å². The Morgan fingerprint density at radius 3 is 2.72 bits per heavy atom. The highest BCUT2D eigenvalue weighted by molar-refractivity contribution is 6.04. The third-order valence-corrected chi connectivity index (χ3v) is 9.74. The molecule has 0 unspecified atom stereocenters. The zero-order valence-electron chi connectivity index (χ0n) is 25.2. The fourth-order valence-electron chi connectivity index (χ4n) is 7.05. The van der Waals surface area contributed by atoms with E-state index in [0.717, 1.165) is 32.5 Å². The van der Waals surface area contributed by atoms with E-state index in [1.54, 1.807) is 0 Å². The van der Waals surface area contributed by atoms with Gasteiger partial charge in [-0.25, -0.2) is 18.2 Å². The largest absolute Gasteiger partial charge is 0.508 e. The number of piperazine rings is 1. The number of anilines is 1. The van der Waals surface area contributed by atoms with Gasteiger partial charge in [0.1, 0.15) is 46.8 Å². The number of aromatic hydroxyl groups is 1. The molecule has 1 saturated carbocycles. The Hall–Kier alpha value is -4.34. The Kier molecular flexibility index (Phi) is 7.06. The molecule has 9 nitrogen and oxygen atoms in total. The number of likely N-dealkylation sites (tertiary alicyclic amines) is 1. The highest BCUT2D eigenvalue weighted by Crippen LogP contribution is 2.48. The van der Waals surface area contributed by atoms with E-state index in [2.05, 4.69) is 31.0 Å². The number of ether oxygens (including phenoxy) is 2. The minimum atomic E-state index is -0.793. The topological polar surface area (TPSA) is 95.9 Å². The van der Waals surface area contributed by atoms with E-state index in [-0.39, 0.29) is 63.4 Å². The predicted octanol–water partition coefficient (Wildman–Crippen LogP) is 4.57. The molecule has 0 bridgehead atoms. The number of nitrogens with one attached hydrogen (secondary N) is 1. The van der Waals surface area contributed by atoms with Crippen LogP contribution in [0.3, 0.4) is 0 Å². The summed E-state index contributed by atoms with van der Waals surface area (Å²) in [4.78, 5) is 18.4. The summed E-state index contributed by atoms with van der Waals surface area (Å²) >= 11 is 0. The molecule has 2 saturated heterocycles. The van der Waals surface area contributed by atoms with Crippen LogP contribution in [0.1, 0.15) is 31.2 Å². The van der Waals surface area contributed by atoms with Gasteiger partial charge < -0.3 is 29.7 Å². The van der Waals surface area contributed by atoms with Crippen molar-refractivity contribution in [1.29, 1.82) is 0 Å². The highest BCUT2D eigenvalue weighted by atomic mass is 19.1. The third-order valence-electron chi connectivity index (χ3n) is 9.74. The first-order chi connectivity index (χ1) is 22.3. The Balaban J connectivity index is 1.25. The van der Waals surface area contributed by atoms with Gasteiger partial charge in [-0.2, -0.15) is 9.97 Å². The van der Waals surface area contributed by atoms with Crippen molar-refractivity contribution in [2.24, 2.45) is 5.41 Å². The summed E-state index contributed by atoms with van der Waals surface area (Å²) < 4.78 is 57.9. The smallest absolute Gasteiger partial charge is 0.319 e. The normalized spacial score (nSPS) is 21.0. The second kappa shape index (κ2) is 11.2. The molecule has 2 aromatic heterocycles. The minimum Gasteiger partial charge on any atom is -0.508 e. The van der Waals surface area contributed by atoms with Gasteiger partial charge in [0.05, 0.1) is 18.2 Å². The molecule has 0 spiro atoms. The molecule has 0 radical (unpaired) electrons. The lowest BCUT2D eigenvalue weighted by Gasteiger charge is -2.35. The molecule has 238 valence electrons. The van der Waals surface area contributed by atoms with Crippen molar-refractivity contribution in [3.05, 3.63) is 41.5 Å². The molecule has 2 N–H and O–H groups in total. The average Bonchev–Trinajstić information content (AvgIpc) is 3.85. The fourth-order valence-corrected chi connectivity index (χ4v) is 7.05. The van der Waals surface area contributed by atoms with Gasteiger partial charge in [-0.1, -0.05) is 12.0 Å². The molecular formula is C34H33F3N6O3. The molecule has 0 amide bonds. The summed E-state index contributed by atoms with van der Waals surface area (Å²) in [7, 11) is 0. The number of hydrogen-bond donors (Lipinski definition) is 2. The van der Waals surface area contributed by atoms with Crippen LogP contribution < -0.4 is 19.7 Å². The molecule has 8 rings (SSSR count). The Bertz CT molecular complexity index is 1900. The van der Waals surface area contributed by atoms with Crippen LogP contribution >= 0.6 is 0 Å². The van der Waals surface area contributed by atoms with E-state index in [9.17, 15) is 13.9 Å². The van der Waals surface area contributed by atoms with Gasteiger partial charge in [0.2, 0.25) is 5.88 Å². The van der Waals surface area contributed by atoms with Crippen molar-refractivity contribution in [2.45, 2.75) is 37.9 Å². The van der Waals surface area contributed by atoms with Crippen LogP contribution in [0, 0.1) is 29.4 Å². The van der Waals surface area contributed by atoms with Crippen molar-refractivity contribution in [3.8, 4) is 41.2 Å². The summed E-state index contributed by atoms with van der Waals surface area (Å²) in [6.07, 6.45) is 8.01. The molecule has 2 aromatic carbocycles. The van der Waals surface area contributed by atoms with Crippen molar-refractivity contribution < 1.29 is 27.8 Å². The number of hydrogen-bond acceptors (Lipinski definition) is 9. The van der Waals surface area contributed by atoms with Crippen LogP contribution in [0.25, 0.3) is 32.9 Å². The van der Waals surface area contributed by atoms with Crippen LogP contribution in [0.5, 0.6) is 17.6 Å². The molecule has 3 fully saturated rings. The van der Waals surface area contributed by atoms with Crippen LogP contribution in [0.15, 0.2) is 24.3 Å². The summed E-state index contributed by atoms with van der Waals surface area (Å²) in [5.74, 6) is 1.38. The van der Waals surface area contributed by atoms with Gasteiger partial charge in [-0.15, -0.1) is 6.42 Å². The standard InChI is InChI=1S/C34H33F3N6O3/c1-2-23-25(36)4-3-19-13-22(44)14-24(26(19)23)29-28(37)30-27-31(43-12-9-38-15-21(43)16-45-32(27)39-29)41-33(40-30)46-18-34(7-8-34)17-42-10-5-20(35)6-11-42/h1,3-4,13-14,20-21,38,44H,5-12,15-18H2/t21-/m0/s1. The summed E-state index contributed by atoms with van der Waals surface area (Å²) in [5, 5.41) is 15.0. The SMILES string of the molecule is C#Cc1c(F)ccc2cc(O)cc(-c3nc4c5c(nc(OCC6(CN7CCC(F)CC7)CC6)nc5c3F)N3CCNC[C@H]3CO4)c12. The number of benzene rings is 2. The molecule has 4 aliphatic rings. The van der Waals surface area contributed by atoms with E-state index in [0.29, 0.717) is 55.7 Å². The number of alkyl halides is 1. The number of piperidine rings is 1. The predicted molar refractivity (Wildman–Crippen MR) is 167 cm³/mol. The maximum atomic E-state index is 16.9. The number of aromatic nitrogens is 3. The van der Waals surface area contributed by atoms with Crippen LogP contribution in [-0.4, -0.2) is 89.7 Å². The van der Waals surface area contributed by atoms with Gasteiger partial charge in [0, 0.05) is 55.6 Å². The lowest BCUT2D eigenvalue weighted by Crippen LogP contribution is -2.53. The average molecular weight is 631 g/mol. The van der Waals surface area contributed by atoms with Crippen molar-refractivity contribution >= 4 is 27.5 Å². The van der Waals surface area contributed by atoms with E-state index >= 15 is 4.39 Å². The van der Waals surface area contributed by atoms with E-state index in [1.807, 2.05) is 0 Å². The second-order valence-electron chi connectivity index (χ2n) is 12.9. The quantitative estimate of drug-likeness (QED) is 0.297. The number of phenols is 1. The van der Waals surface area contributed by atoms with E-state index in [1.165, 1.54) is 24.3 Å². The lowest BCUT2D eigenvalue weighted by atomic mass is 9.95. The van der Waals surface area contributed by atoms with E-state index < -0.39 is 17.8 Å². The first-order valence-electron chi connectivity index (χ1n) is 15.8. The lowest BCUT2D eigenvalue weighted by molar-refractivity contribution is 0.107. The maximum Gasteiger partial charge on any atom is 0.319 e. The number of fused-ring (bicyclic) bond motifs is 3. The van der Waals surface area contributed by atoms with Gasteiger partial charge in [0.25, 0.3) is 0 Å². The Labute approximate surface area is 263 Å². The number of rotatable bonds is 6. The number of nitrogens with zero attached hydrogens (tertiary/aromatic N) is 5.